The van der Waals surface area contributed by atoms with E-state index in [2.05, 4.69) is 17.1 Å². The summed E-state index contributed by atoms with van der Waals surface area (Å²) < 4.78 is 38.3. The highest BCUT2D eigenvalue weighted by atomic mass is 19.4. The van der Waals surface area contributed by atoms with Crippen LogP contribution in [0.15, 0.2) is 22.8 Å². The Morgan fingerprint density at radius 2 is 1.79 bits per heavy atom. The van der Waals surface area contributed by atoms with E-state index in [4.69, 9.17) is 14.6 Å². The van der Waals surface area contributed by atoms with Gasteiger partial charge in [-0.15, -0.1) is 0 Å². The number of aliphatic carboxylic acids is 1. The fraction of sp³-hybridized carbons (Fsp3) is 0.800. The van der Waals surface area contributed by atoms with Crippen molar-refractivity contribution in [2.24, 2.45) is 17.3 Å². The molecule has 5 rings (SSSR count). The predicted octanol–water partition coefficient (Wildman–Crippen LogP) is 5.68. The van der Waals surface area contributed by atoms with Crippen LogP contribution >= 0.6 is 0 Å². The second kappa shape index (κ2) is 13.3. The molecule has 0 spiro atoms. The molecular formula is C30H45F3N2O4. The van der Waals surface area contributed by atoms with E-state index in [0.29, 0.717) is 17.3 Å². The first kappa shape index (κ1) is 30.3. The van der Waals surface area contributed by atoms with Crippen LogP contribution < -0.4 is 5.32 Å². The molecule has 0 aromatic heterocycles. The Bertz CT molecular complexity index is 941. The number of fused-ring (bicyclic) bond motifs is 4. The molecule has 220 valence electrons. The molecule has 5 aliphatic rings. The second-order valence-electron chi connectivity index (χ2n) is 12.1. The number of halogens is 3. The lowest BCUT2D eigenvalue weighted by molar-refractivity contribution is -0.192. The lowest BCUT2D eigenvalue weighted by atomic mass is 9.57. The molecule has 4 aliphatic carbocycles. The minimum atomic E-state index is -5.08. The summed E-state index contributed by atoms with van der Waals surface area (Å²) in [5.74, 6) is -0.858. The van der Waals surface area contributed by atoms with E-state index in [-0.39, 0.29) is 0 Å². The van der Waals surface area contributed by atoms with Crippen LogP contribution in [0.25, 0.3) is 0 Å². The molecule has 0 unspecified atom stereocenters. The van der Waals surface area contributed by atoms with E-state index in [1.54, 1.807) is 11.1 Å². The van der Waals surface area contributed by atoms with Crippen LogP contribution in [-0.2, 0) is 14.3 Å². The number of ether oxygens (including phenoxy) is 1. The number of carbonyl (C=O) groups is 2. The molecule has 2 N–H and O–H groups in total. The molecule has 2 saturated carbocycles. The molecule has 0 radical (unpaired) electrons. The number of ketones is 1. The number of nitrogens with one attached hydrogen (secondary N) is 1. The third-order valence-electron chi connectivity index (χ3n) is 9.79. The summed E-state index contributed by atoms with van der Waals surface area (Å²) in [7, 11) is 0. The zero-order valence-corrected chi connectivity index (χ0v) is 23.3. The van der Waals surface area contributed by atoms with Crippen LogP contribution in [-0.4, -0.2) is 73.4 Å². The number of alkyl halides is 3. The first-order chi connectivity index (χ1) is 18.6. The van der Waals surface area contributed by atoms with Gasteiger partial charge in [-0.3, -0.25) is 4.79 Å². The Morgan fingerprint density at radius 3 is 2.51 bits per heavy atom. The smallest absolute Gasteiger partial charge is 0.475 e. The molecule has 0 amide bonds. The number of hydrogen-bond acceptors (Lipinski definition) is 5. The number of rotatable bonds is 8. The minimum Gasteiger partial charge on any atom is -0.475 e. The van der Waals surface area contributed by atoms with Crippen molar-refractivity contribution in [3.63, 3.8) is 0 Å². The van der Waals surface area contributed by atoms with E-state index < -0.39 is 12.1 Å². The number of allylic oxidation sites excluding steroid dienone is 4. The summed E-state index contributed by atoms with van der Waals surface area (Å²) in [6.07, 6.45) is 11.8. The molecule has 1 saturated heterocycles. The van der Waals surface area contributed by atoms with Gasteiger partial charge < -0.3 is 20.1 Å². The summed E-state index contributed by atoms with van der Waals surface area (Å²) in [4.78, 5) is 23.4. The highest BCUT2D eigenvalue weighted by Crippen LogP contribution is 2.60. The van der Waals surface area contributed by atoms with Gasteiger partial charge >= 0.3 is 12.1 Å². The number of unbranched alkanes of at least 4 members (excludes halogenated alkanes) is 3. The maximum Gasteiger partial charge on any atom is 0.490 e. The van der Waals surface area contributed by atoms with E-state index in [1.807, 2.05) is 6.08 Å². The fourth-order valence-corrected chi connectivity index (χ4v) is 7.71. The van der Waals surface area contributed by atoms with Gasteiger partial charge in [-0.2, -0.15) is 13.2 Å². The van der Waals surface area contributed by atoms with E-state index >= 15 is 0 Å². The van der Waals surface area contributed by atoms with Crippen molar-refractivity contribution in [1.82, 2.24) is 10.2 Å². The van der Waals surface area contributed by atoms with Gasteiger partial charge in [-0.05, 0) is 98.8 Å². The van der Waals surface area contributed by atoms with E-state index in [9.17, 15) is 18.0 Å². The highest BCUT2D eigenvalue weighted by Gasteiger charge is 2.54. The number of nitrogens with zero attached hydrogens (tertiary/aromatic N) is 1. The molecule has 1 heterocycles. The van der Waals surface area contributed by atoms with Crippen molar-refractivity contribution in [2.45, 2.75) is 96.3 Å². The lowest BCUT2D eigenvalue weighted by Gasteiger charge is -2.49. The fourth-order valence-electron chi connectivity index (χ4n) is 7.71. The Kier molecular flexibility index (Phi) is 10.3. The summed E-state index contributed by atoms with van der Waals surface area (Å²) in [6.45, 7) is 9.53. The third-order valence-corrected chi connectivity index (χ3v) is 9.79. The summed E-state index contributed by atoms with van der Waals surface area (Å²) in [6, 6.07) is 0. The average Bonchev–Trinajstić information content (AvgIpc) is 3.24. The molecule has 0 aromatic rings. The maximum atomic E-state index is 11.9. The number of piperazine rings is 1. The first-order valence-electron chi connectivity index (χ1n) is 14.9. The van der Waals surface area contributed by atoms with Crippen molar-refractivity contribution < 1.29 is 32.6 Å². The normalized spacial score (nSPS) is 31.0. The van der Waals surface area contributed by atoms with Gasteiger partial charge in [0, 0.05) is 39.2 Å². The van der Waals surface area contributed by atoms with E-state index in [0.717, 1.165) is 50.8 Å². The maximum absolute atomic E-state index is 11.9. The quantitative estimate of drug-likeness (QED) is 0.376. The van der Waals surface area contributed by atoms with Crippen molar-refractivity contribution >= 4 is 11.8 Å². The number of hydrogen-bond donors (Lipinski definition) is 2. The molecule has 6 nitrogen and oxygen atoms in total. The predicted molar refractivity (Wildman–Crippen MR) is 143 cm³/mol. The summed E-state index contributed by atoms with van der Waals surface area (Å²) in [5.41, 5.74) is 5.08. The van der Waals surface area contributed by atoms with Gasteiger partial charge in [0.15, 0.2) is 5.78 Å². The van der Waals surface area contributed by atoms with Gasteiger partial charge in [-0.1, -0.05) is 25.3 Å². The largest absolute Gasteiger partial charge is 0.490 e. The Labute approximate surface area is 230 Å². The van der Waals surface area contributed by atoms with Gasteiger partial charge in [0.05, 0.1) is 6.10 Å². The molecule has 1 aliphatic heterocycles. The molecule has 9 heteroatoms. The highest BCUT2D eigenvalue weighted by molar-refractivity contribution is 5.93. The zero-order chi connectivity index (χ0) is 28.0. The number of carboxylic acids is 1. The van der Waals surface area contributed by atoms with Crippen LogP contribution in [0.5, 0.6) is 0 Å². The third kappa shape index (κ3) is 7.53. The Balaban J connectivity index is 0.000000448. The Hall–Kier alpha value is -1.71. The standard InChI is InChI=1S/C28H44N2O2.C2HF3O2/c1-28-13-12-24-23-9-7-22(31)20-21(23)6-8-25(24)26(28)10-11-27(28)32-19-5-3-2-4-16-30-17-14-29-15-18-30;3-2(4,5)1(6)7/h20,25-27,29H,2-19H2,1H3;(H,6,7)/t25-,26+,27+,28+;/m1./s1. The average molecular weight is 555 g/mol. The second-order valence-corrected chi connectivity index (χ2v) is 12.1. The van der Waals surface area contributed by atoms with Crippen LogP contribution in [0.2, 0.25) is 0 Å². The molecule has 3 fully saturated rings. The first-order valence-corrected chi connectivity index (χ1v) is 14.9. The Morgan fingerprint density at radius 1 is 1.08 bits per heavy atom. The van der Waals surface area contributed by atoms with Gasteiger partial charge in [-0.25, -0.2) is 4.79 Å². The molecule has 4 atom stereocenters. The van der Waals surface area contributed by atoms with Crippen LogP contribution in [0.4, 0.5) is 13.2 Å². The van der Waals surface area contributed by atoms with Gasteiger partial charge in [0.2, 0.25) is 0 Å². The molecule has 0 aromatic carbocycles. The summed E-state index contributed by atoms with van der Waals surface area (Å²) >= 11 is 0. The van der Waals surface area contributed by atoms with Gasteiger partial charge in [0.1, 0.15) is 0 Å². The zero-order valence-electron chi connectivity index (χ0n) is 23.3. The monoisotopic (exact) mass is 554 g/mol. The molecular weight excluding hydrogens is 509 g/mol. The van der Waals surface area contributed by atoms with Crippen LogP contribution in [0.1, 0.15) is 84.0 Å². The van der Waals surface area contributed by atoms with Crippen molar-refractivity contribution in [3.05, 3.63) is 22.8 Å². The lowest BCUT2D eigenvalue weighted by Crippen LogP contribution is -2.43. The van der Waals surface area contributed by atoms with Crippen molar-refractivity contribution in [1.29, 1.82) is 0 Å². The van der Waals surface area contributed by atoms with Crippen LogP contribution in [0.3, 0.4) is 0 Å². The SMILES string of the molecule is C[C@]12CCC3=C4CCC(=O)C=C4CC[C@H]3[C@@H]1CC[C@@H]2OCCCCCCN1CCNCC1.O=C(O)C(F)(F)F. The van der Waals surface area contributed by atoms with Crippen LogP contribution in [0, 0.1) is 17.3 Å². The number of carbonyl (C=O) groups excluding carboxylic acids is 1. The van der Waals surface area contributed by atoms with E-state index in [1.165, 1.54) is 83.0 Å². The molecule has 39 heavy (non-hydrogen) atoms. The van der Waals surface area contributed by atoms with Crippen molar-refractivity contribution in [2.75, 3.05) is 39.3 Å². The number of carboxylic acid groups (broad SMARTS) is 1. The van der Waals surface area contributed by atoms with Gasteiger partial charge in [0.25, 0.3) is 0 Å². The minimum absolute atomic E-state index is 0.349. The molecule has 0 bridgehead atoms. The topological polar surface area (TPSA) is 78.9 Å². The van der Waals surface area contributed by atoms with Crippen molar-refractivity contribution in [3.8, 4) is 0 Å². The summed E-state index contributed by atoms with van der Waals surface area (Å²) in [5, 5.41) is 10.6.